The first kappa shape index (κ1) is 19.5. The van der Waals surface area contributed by atoms with E-state index in [4.69, 9.17) is 4.74 Å². The summed E-state index contributed by atoms with van der Waals surface area (Å²) in [6.45, 7) is 7.87. The molecule has 7 heteroatoms. The molecule has 148 valence electrons. The molecule has 27 heavy (non-hydrogen) atoms. The SMILES string of the molecule is CC(C)(C)OC(=O)NC1CCN(c2cccc(C(=O)NCC3CC3)n2)CC1. The molecule has 1 aliphatic heterocycles. The van der Waals surface area contributed by atoms with Crippen LogP contribution in [0.25, 0.3) is 0 Å². The molecule has 1 aromatic heterocycles. The number of carbonyl (C=O) groups excluding carboxylic acids is 2. The number of hydrogen-bond acceptors (Lipinski definition) is 5. The van der Waals surface area contributed by atoms with E-state index in [1.54, 1.807) is 6.07 Å². The van der Waals surface area contributed by atoms with Crippen LogP contribution in [0.4, 0.5) is 10.6 Å². The predicted octanol–water partition coefficient (Wildman–Crippen LogP) is 2.71. The van der Waals surface area contributed by atoms with Gasteiger partial charge in [-0.3, -0.25) is 4.79 Å². The fourth-order valence-corrected chi connectivity index (χ4v) is 3.10. The molecule has 0 unspecified atom stereocenters. The highest BCUT2D eigenvalue weighted by molar-refractivity contribution is 5.92. The molecule has 2 aliphatic rings. The highest BCUT2D eigenvalue weighted by Crippen LogP contribution is 2.27. The van der Waals surface area contributed by atoms with Crippen molar-refractivity contribution in [3.05, 3.63) is 23.9 Å². The van der Waals surface area contributed by atoms with E-state index >= 15 is 0 Å². The van der Waals surface area contributed by atoms with E-state index in [2.05, 4.69) is 20.5 Å². The van der Waals surface area contributed by atoms with Gasteiger partial charge in [0.15, 0.2) is 0 Å². The second-order valence-corrected chi connectivity index (χ2v) is 8.44. The molecule has 1 saturated heterocycles. The van der Waals surface area contributed by atoms with Gasteiger partial charge in [-0.05, 0) is 64.5 Å². The van der Waals surface area contributed by atoms with Gasteiger partial charge in [-0.1, -0.05) is 6.07 Å². The van der Waals surface area contributed by atoms with E-state index in [-0.39, 0.29) is 18.0 Å². The van der Waals surface area contributed by atoms with Gasteiger partial charge < -0.3 is 20.3 Å². The Morgan fingerprint density at radius 2 is 1.89 bits per heavy atom. The van der Waals surface area contributed by atoms with E-state index in [9.17, 15) is 9.59 Å². The Morgan fingerprint density at radius 3 is 2.52 bits per heavy atom. The fourth-order valence-electron chi connectivity index (χ4n) is 3.10. The summed E-state index contributed by atoms with van der Waals surface area (Å²) in [6.07, 6.45) is 3.69. The number of pyridine rings is 1. The number of alkyl carbamates (subject to hydrolysis) is 1. The van der Waals surface area contributed by atoms with E-state index in [0.29, 0.717) is 11.6 Å². The molecule has 0 bridgehead atoms. The van der Waals surface area contributed by atoms with Crippen LogP contribution >= 0.6 is 0 Å². The van der Waals surface area contributed by atoms with Crippen LogP contribution in [0.5, 0.6) is 0 Å². The Kier molecular flexibility index (Phi) is 5.87. The third kappa shape index (κ3) is 6.12. The fraction of sp³-hybridized carbons (Fsp3) is 0.650. The lowest BCUT2D eigenvalue weighted by molar-refractivity contribution is 0.0497. The zero-order valence-corrected chi connectivity index (χ0v) is 16.5. The quantitative estimate of drug-likeness (QED) is 0.828. The van der Waals surface area contributed by atoms with E-state index in [1.165, 1.54) is 12.8 Å². The molecule has 0 atom stereocenters. The van der Waals surface area contributed by atoms with Crippen molar-refractivity contribution in [1.82, 2.24) is 15.6 Å². The summed E-state index contributed by atoms with van der Waals surface area (Å²) in [4.78, 5) is 30.8. The van der Waals surface area contributed by atoms with Crippen molar-refractivity contribution in [1.29, 1.82) is 0 Å². The summed E-state index contributed by atoms with van der Waals surface area (Å²) < 4.78 is 5.32. The van der Waals surface area contributed by atoms with Gasteiger partial charge in [-0.15, -0.1) is 0 Å². The molecule has 2 heterocycles. The molecule has 1 saturated carbocycles. The van der Waals surface area contributed by atoms with Crippen molar-refractivity contribution in [3.8, 4) is 0 Å². The Hall–Kier alpha value is -2.31. The first-order chi connectivity index (χ1) is 12.8. The molecule has 3 rings (SSSR count). The largest absolute Gasteiger partial charge is 0.444 e. The first-order valence-electron chi connectivity index (χ1n) is 9.80. The van der Waals surface area contributed by atoms with Crippen molar-refractivity contribution in [3.63, 3.8) is 0 Å². The second kappa shape index (κ2) is 8.15. The number of aromatic nitrogens is 1. The average Bonchev–Trinajstić information content (AvgIpc) is 3.43. The number of nitrogens with one attached hydrogen (secondary N) is 2. The molecule has 2 amide bonds. The maximum Gasteiger partial charge on any atom is 0.407 e. The predicted molar refractivity (Wildman–Crippen MR) is 104 cm³/mol. The molecule has 7 nitrogen and oxygen atoms in total. The van der Waals surface area contributed by atoms with Crippen molar-refractivity contribution in [2.24, 2.45) is 5.92 Å². The highest BCUT2D eigenvalue weighted by Gasteiger charge is 2.25. The number of hydrogen-bond donors (Lipinski definition) is 2. The number of rotatable bonds is 5. The number of amides is 2. The van der Waals surface area contributed by atoms with Gasteiger partial charge in [-0.2, -0.15) is 0 Å². The van der Waals surface area contributed by atoms with Crippen LogP contribution in [0.15, 0.2) is 18.2 Å². The minimum atomic E-state index is -0.491. The van der Waals surface area contributed by atoms with Crippen LogP contribution in [0.3, 0.4) is 0 Å². The Labute approximate surface area is 160 Å². The number of nitrogens with zero attached hydrogens (tertiary/aromatic N) is 2. The minimum absolute atomic E-state index is 0.0983. The van der Waals surface area contributed by atoms with Crippen LogP contribution < -0.4 is 15.5 Å². The molecule has 2 fully saturated rings. The van der Waals surface area contributed by atoms with Crippen LogP contribution in [0.1, 0.15) is 56.9 Å². The topological polar surface area (TPSA) is 83.6 Å². The van der Waals surface area contributed by atoms with E-state index in [1.807, 2.05) is 32.9 Å². The van der Waals surface area contributed by atoms with Crippen molar-refractivity contribution < 1.29 is 14.3 Å². The van der Waals surface area contributed by atoms with Crippen molar-refractivity contribution in [2.75, 3.05) is 24.5 Å². The lowest BCUT2D eigenvalue weighted by atomic mass is 10.1. The molecule has 0 aromatic carbocycles. The molecular formula is C20H30N4O3. The van der Waals surface area contributed by atoms with Crippen LogP contribution in [-0.2, 0) is 4.74 Å². The van der Waals surface area contributed by atoms with Gasteiger partial charge in [0, 0.05) is 25.7 Å². The standard InChI is InChI=1S/C20H30N4O3/c1-20(2,3)27-19(26)22-15-9-11-24(12-10-15)17-6-4-5-16(23-17)18(25)21-13-14-7-8-14/h4-6,14-15H,7-13H2,1-3H3,(H,21,25)(H,22,26). The number of piperidine rings is 1. The highest BCUT2D eigenvalue weighted by atomic mass is 16.6. The minimum Gasteiger partial charge on any atom is -0.444 e. The molecule has 0 radical (unpaired) electrons. The Morgan fingerprint density at radius 1 is 1.19 bits per heavy atom. The summed E-state index contributed by atoms with van der Waals surface area (Å²) in [5, 5.41) is 5.89. The molecule has 0 spiro atoms. The summed E-state index contributed by atoms with van der Waals surface area (Å²) in [6, 6.07) is 5.66. The van der Waals surface area contributed by atoms with Gasteiger partial charge in [0.25, 0.3) is 5.91 Å². The Bertz CT molecular complexity index is 674. The van der Waals surface area contributed by atoms with Gasteiger partial charge in [0.1, 0.15) is 17.1 Å². The number of ether oxygens (including phenoxy) is 1. The number of anilines is 1. The number of carbonyl (C=O) groups is 2. The molecule has 1 aliphatic carbocycles. The van der Waals surface area contributed by atoms with E-state index in [0.717, 1.165) is 38.3 Å². The molecular weight excluding hydrogens is 344 g/mol. The molecule has 1 aromatic rings. The van der Waals surface area contributed by atoms with Gasteiger partial charge in [0.05, 0.1) is 0 Å². The molecule has 2 N–H and O–H groups in total. The monoisotopic (exact) mass is 374 g/mol. The smallest absolute Gasteiger partial charge is 0.407 e. The zero-order chi connectivity index (χ0) is 19.4. The normalized spacial score (nSPS) is 18.1. The van der Waals surface area contributed by atoms with E-state index < -0.39 is 5.60 Å². The van der Waals surface area contributed by atoms with Gasteiger partial charge in [0.2, 0.25) is 0 Å². The second-order valence-electron chi connectivity index (χ2n) is 8.44. The van der Waals surface area contributed by atoms with Gasteiger partial charge >= 0.3 is 6.09 Å². The van der Waals surface area contributed by atoms with Crippen LogP contribution in [-0.4, -0.2) is 48.3 Å². The average molecular weight is 374 g/mol. The maximum atomic E-state index is 12.2. The van der Waals surface area contributed by atoms with Crippen molar-refractivity contribution >= 4 is 17.8 Å². The summed E-state index contributed by atoms with van der Waals surface area (Å²) in [7, 11) is 0. The zero-order valence-electron chi connectivity index (χ0n) is 16.5. The van der Waals surface area contributed by atoms with Crippen LogP contribution in [0.2, 0.25) is 0 Å². The summed E-state index contributed by atoms with van der Waals surface area (Å²) in [5.41, 5.74) is -0.0305. The van der Waals surface area contributed by atoms with Gasteiger partial charge in [-0.25, -0.2) is 9.78 Å². The maximum absolute atomic E-state index is 12.2. The first-order valence-corrected chi connectivity index (χ1v) is 9.80. The summed E-state index contributed by atoms with van der Waals surface area (Å²) in [5.74, 6) is 1.35. The lowest BCUT2D eigenvalue weighted by Crippen LogP contribution is -2.46. The van der Waals surface area contributed by atoms with Crippen LogP contribution in [0, 0.1) is 5.92 Å². The Balaban J connectivity index is 1.49. The third-order valence-corrected chi connectivity index (χ3v) is 4.76. The van der Waals surface area contributed by atoms with Crippen molar-refractivity contribution in [2.45, 2.75) is 58.1 Å². The third-order valence-electron chi connectivity index (χ3n) is 4.76. The summed E-state index contributed by atoms with van der Waals surface area (Å²) >= 11 is 0. The lowest BCUT2D eigenvalue weighted by Gasteiger charge is -2.33.